The van der Waals surface area contributed by atoms with Crippen molar-refractivity contribution in [1.29, 1.82) is 0 Å². The zero-order valence-electron chi connectivity index (χ0n) is 8.51. The molecule has 0 spiro atoms. The van der Waals surface area contributed by atoms with Crippen molar-refractivity contribution in [3.05, 3.63) is 35.4 Å². The Bertz CT molecular complexity index is 403. The lowest BCUT2D eigenvalue weighted by atomic mass is 10.2. The van der Waals surface area contributed by atoms with Gasteiger partial charge in [-0.1, -0.05) is 6.07 Å². The highest BCUT2D eigenvalue weighted by Crippen LogP contribution is 2.13. The van der Waals surface area contributed by atoms with Crippen molar-refractivity contribution >= 4 is 5.91 Å². The first kappa shape index (κ1) is 13.4. The number of hydrogen-bond donors (Lipinski definition) is 2. The van der Waals surface area contributed by atoms with E-state index in [0.29, 0.717) is 0 Å². The number of benzene rings is 1. The van der Waals surface area contributed by atoms with Crippen LogP contribution < -0.4 is 5.32 Å². The summed E-state index contributed by atoms with van der Waals surface area (Å²) in [6.45, 7) is -2.66. The van der Waals surface area contributed by atoms with Crippen molar-refractivity contribution in [2.24, 2.45) is 0 Å². The van der Waals surface area contributed by atoms with E-state index in [4.69, 9.17) is 5.11 Å². The van der Waals surface area contributed by atoms with Crippen molar-refractivity contribution in [3.8, 4) is 0 Å². The van der Waals surface area contributed by atoms with Crippen LogP contribution in [-0.2, 0) is 0 Å². The summed E-state index contributed by atoms with van der Waals surface area (Å²) in [5.41, 5.74) is -0.929. The van der Waals surface area contributed by atoms with Crippen LogP contribution in [0, 0.1) is 11.6 Å². The molecule has 0 unspecified atom stereocenters. The van der Waals surface area contributed by atoms with Gasteiger partial charge in [0.15, 0.2) is 0 Å². The maximum atomic E-state index is 13.1. The molecule has 0 aliphatic rings. The van der Waals surface area contributed by atoms with E-state index in [9.17, 15) is 22.4 Å². The topological polar surface area (TPSA) is 49.3 Å². The number of aliphatic hydroxyl groups excluding tert-OH is 1. The summed E-state index contributed by atoms with van der Waals surface area (Å²) in [5, 5.41) is 9.88. The highest BCUT2D eigenvalue weighted by molar-refractivity contribution is 5.94. The van der Waals surface area contributed by atoms with Crippen LogP contribution >= 0.6 is 0 Å². The zero-order valence-corrected chi connectivity index (χ0v) is 8.51. The molecule has 1 rings (SSSR count). The molecule has 0 aliphatic carbocycles. The molecular formula is C10H9F4NO2. The summed E-state index contributed by atoms with van der Waals surface area (Å²) in [6.07, 6.45) is 0. The average molecular weight is 251 g/mol. The Kier molecular flexibility index (Phi) is 4.06. The number of carbonyl (C=O) groups is 1. The van der Waals surface area contributed by atoms with Crippen molar-refractivity contribution in [2.45, 2.75) is 5.92 Å². The molecule has 0 atom stereocenters. The summed E-state index contributed by atoms with van der Waals surface area (Å²) in [5.74, 6) is -7.12. The molecule has 0 saturated carbocycles. The second-order valence-corrected chi connectivity index (χ2v) is 3.29. The summed E-state index contributed by atoms with van der Waals surface area (Å²) in [4.78, 5) is 11.2. The van der Waals surface area contributed by atoms with Gasteiger partial charge in [0.2, 0.25) is 0 Å². The molecule has 0 bridgehead atoms. The fourth-order valence-electron chi connectivity index (χ4n) is 1.07. The minimum absolute atomic E-state index is 0.835. The standard InChI is InChI=1S/C10H9F4NO2/c11-6-2-1-3-7(12)8(6)9(17)15-4-10(13,14)5-16/h1-3,16H,4-5H2,(H,15,17). The number of carbonyl (C=O) groups excluding carboxylic acids is 1. The SMILES string of the molecule is O=C(NCC(F)(F)CO)c1c(F)cccc1F. The van der Waals surface area contributed by atoms with Crippen LogP contribution in [0.15, 0.2) is 18.2 Å². The first-order valence-electron chi connectivity index (χ1n) is 4.58. The summed E-state index contributed by atoms with van der Waals surface area (Å²) >= 11 is 0. The van der Waals surface area contributed by atoms with Gasteiger partial charge in [-0.15, -0.1) is 0 Å². The number of aliphatic hydroxyl groups is 1. The molecule has 1 aromatic rings. The van der Waals surface area contributed by atoms with Gasteiger partial charge < -0.3 is 10.4 Å². The Morgan fingerprint density at radius 3 is 2.29 bits per heavy atom. The minimum atomic E-state index is -3.53. The van der Waals surface area contributed by atoms with Gasteiger partial charge in [0.05, 0.1) is 6.54 Å². The highest BCUT2D eigenvalue weighted by Gasteiger charge is 2.29. The predicted octanol–water partition coefficient (Wildman–Crippen LogP) is 1.32. The van der Waals surface area contributed by atoms with Crippen LogP contribution in [0.3, 0.4) is 0 Å². The molecule has 0 aromatic heterocycles. The molecule has 0 aliphatic heterocycles. The van der Waals surface area contributed by atoms with Crippen LogP contribution in [0.1, 0.15) is 10.4 Å². The Morgan fingerprint density at radius 1 is 1.29 bits per heavy atom. The predicted molar refractivity (Wildman–Crippen MR) is 50.7 cm³/mol. The normalized spacial score (nSPS) is 11.4. The number of amides is 1. The Morgan fingerprint density at radius 2 is 1.82 bits per heavy atom. The van der Waals surface area contributed by atoms with E-state index in [2.05, 4.69) is 0 Å². The van der Waals surface area contributed by atoms with E-state index in [1.165, 1.54) is 0 Å². The van der Waals surface area contributed by atoms with E-state index in [1.807, 2.05) is 0 Å². The maximum absolute atomic E-state index is 13.1. The summed E-state index contributed by atoms with van der Waals surface area (Å²) in [6, 6.07) is 2.72. The van der Waals surface area contributed by atoms with E-state index >= 15 is 0 Å². The smallest absolute Gasteiger partial charge is 0.287 e. The molecule has 94 valence electrons. The monoisotopic (exact) mass is 251 g/mol. The third-order valence-corrected chi connectivity index (χ3v) is 1.93. The Balaban J connectivity index is 2.78. The molecule has 0 fully saturated rings. The lowest BCUT2D eigenvalue weighted by Gasteiger charge is -2.14. The van der Waals surface area contributed by atoms with E-state index in [-0.39, 0.29) is 0 Å². The Labute approximate surface area is 94.1 Å². The Hall–Kier alpha value is -1.63. The van der Waals surface area contributed by atoms with Crippen LogP contribution in [0.4, 0.5) is 17.6 Å². The molecule has 0 heterocycles. The number of nitrogens with one attached hydrogen (secondary N) is 1. The van der Waals surface area contributed by atoms with Gasteiger partial charge >= 0.3 is 0 Å². The molecule has 7 heteroatoms. The zero-order chi connectivity index (χ0) is 13.1. The molecule has 17 heavy (non-hydrogen) atoms. The number of alkyl halides is 2. The lowest BCUT2D eigenvalue weighted by molar-refractivity contribution is -0.0462. The third kappa shape index (κ3) is 3.42. The maximum Gasteiger partial charge on any atom is 0.287 e. The van der Waals surface area contributed by atoms with Crippen molar-refractivity contribution in [1.82, 2.24) is 5.32 Å². The van der Waals surface area contributed by atoms with Gasteiger partial charge in [0.25, 0.3) is 11.8 Å². The number of rotatable bonds is 4. The van der Waals surface area contributed by atoms with Gasteiger partial charge in [0, 0.05) is 0 Å². The molecule has 1 aromatic carbocycles. The molecule has 1 amide bonds. The van der Waals surface area contributed by atoms with Crippen molar-refractivity contribution in [2.75, 3.05) is 13.2 Å². The molecular weight excluding hydrogens is 242 g/mol. The largest absolute Gasteiger partial charge is 0.390 e. The van der Waals surface area contributed by atoms with Crippen LogP contribution in [-0.4, -0.2) is 30.1 Å². The third-order valence-electron chi connectivity index (χ3n) is 1.93. The van der Waals surface area contributed by atoms with Crippen LogP contribution in [0.5, 0.6) is 0 Å². The summed E-state index contributed by atoms with van der Waals surface area (Å²) < 4.78 is 51.3. The van der Waals surface area contributed by atoms with E-state index < -0.39 is 42.2 Å². The van der Waals surface area contributed by atoms with Crippen LogP contribution in [0.25, 0.3) is 0 Å². The fourth-order valence-corrected chi connectivity index (χ4v) is 1.07. The molecule has 2 N–H and O–H groups in total. The van der Waals surface area contributed by atoms with Gasteiger partial charge in [-0.2, -0.15) is 0 Å². The lowest BCUT2D eigenvalue weighted by Crippen LogP contribution is -2.39. The number of halogens is 4. The average Bonchev–Trinajstić information content (AvgIpc) is 2.26. The van der Waals surface area contributed by atoms with E-state index in [0.717, 1.165) is 18.2 Å². The number of hydrogen-bond acceptors (Lipinski definition) is 2. The second kappa shape index (κ2) is 5.13. The van der Waals surface area contributed by atoms with Gasteiger partial charge in [0.1, 0.15) is 23.8 Å². The van der Waals surface area contributed by atoms with Gasteiger partial charge in [-0.25, -0.2) is 17.6 Å². The van der Waals surface area contributed by atoms with Crippen molar-refractivity contribution < 1.29 is 27.5 Å². The van der Waals surface area contributed by atoms with Crippen LogP contribution in [0.2, 0.25) is 0 Å². The molecule has 3 nitrogen and oxygen atoms in total. The van der Waals surface area contributed by atoms with Crippen molar-refractivity contribution in [3.63, 3.8) is 0 Å². The quantitative estimate of drug-likeness (QED) is 0.793. The molecule has 0 saturated heterocycles. The first-order chi connectivity index (χ1) is 7.87. The summed E-state index contributed by atoms with van der Waals surface area (Å²) in [7, 11) is 0. The first-order valence-corrected chi connectivity index (χ1v) is 4.58. The highest BCUT2D eigenvalue weighted by atomic mass is 19.3. The minimum Gasteiger partial charge on any atom is -0.390 e. The molecule has 0 radical (unpaired) electrons. The van der Waals surface area contributed by atoms with Gasteiger partial charge in [-0.05, 0) is 12.1 Å². The van der Waals surface area contributed by atoms with E-state index in [1.54, 1.807) is 5.32 Å². The second-order valence-electron chi connectivity index (χ2n) is 3.29. The van der Waals surface area contributed by atoms with Gasteiger partial charge in [-0.3, -0.25) is 4.79 Å². The fraction of sp³-hybridized carbons (Fsp3) is 0.300.